The van der Waals surface area contributed by atoms with Gasteiger partial charge >= 0.3 is 5.69 Å². The summed E-state index contributed by atoms with van der Waals surface area (Å²) in [7, 11) is 3.49. The van der Waals surface area contributed by atoms with E-state index in [-0.39, 0.29) is 5.69 Å². The van der Waals surface area contributed by atoms with E-state index in [2.05, 4.69) is 27.6 Å². The lowest BCUT2D eigenvalue weighted by molar-refractivity contribution is 0.782. The molecule has 0 spiro atoms. The maximum atomic E-state index is 12.3. The topological polar surface area (TPSA) is 39.3 Å². The van der Waals surface area contributed by atoms with Crippen molar-refractivity contribution in [2.24, 2.45) is 12.0 Å². The largest absolute Gasteiger partial charge is 0.334 e. The van der Waals surface area contributed by atoms with E-state index in [1.54, 1.807) is 33.5 Å². The zero-order valence-electron chi connectivity index (χ0n) is 10.5. The Morgan fingerprint density at radius 1 is 1.39 bits per heavy atom. The molecule has 0 fully saturated rings. The third-order valence-electron chi connectivity index (χ3n) is 2.97. The minimum absolute atomic E-state index is 0.0957. The van der Waals surface area contributed by atoms with Gasteiger partial charge in [-0.1, -0.05) is 34.7 Å². The van der Waals surface area contributed by atoms with Crippen LogP contribution in [-0.2, 0) is 7.05 Å². The Hall–Kier alpha value is -1.37. The first kappa shape index (κ1) is 13.1. The number of rotatable bonds is 1. The Morgan fingerprint density at radius 2 is 2.11 bits per heavy atom. The highest BCUT2D eigenvalue weighted by molar-refractivity contribution is 14.1. The number of fused-ring (bicyclic) bond motifs is 1. The lowest BCUT2D eigenvalue weighted by atomic mass is 10.1. The van der Waals surface area contributed by atoms with Gasteiger partial charge in [-0.3, -0.25) is 14.1 Å². The summed E-state index contributed by atoms with van der Waals surface area (Å²) in [5, 5.41) is 1.01. The summed E-state index contributed by atoms with van der Waals surface area (Å²) in [6.45, 7) is 2.03. The van der Waals surface area contributed by atoms with Gasteiger partial charge in [0, 0.05) is 25.7 Å². The molecule has 0 radical (unpaired) electrons. The van der Waals surface area contributed by atoms with Gasteiger partial charge < -0.3 is 0 Å². The van der Waals surface area contributed by atoms with Crippen LogP contribution in [0.25, 0.3) is 17.1 Å². The molecule has 0 bridgehead atoms. The second-order valence-electron chi connectivity index (χ2n) is 4.00. The molecule has 94 valence electrons. The molecular weight excluding hydrogens is 341 g/mol. The van der Waals surface area contributed by atoms with Crippen molar-refractivity contribution >= 4 is 39.7 Å². The van der Waals surface area contributed by atoms with E-state index < -0.39 is 0 Å². The first-order chi connectivity index (χ1) is 8.61. The highest BCUT2D eigenvalue weighted by atomic mass is 127. The standard InChI is InChI=1S/C13H14IN3O/c1-9-5-4-6-10-11(9)12(15-2)17(8-7-14)13(18)16(10)3/h4-8H,1-3H3/b8-7-,15-12?. The first-order valence-corrected chi connectivity index (χ1v) is 6.77. The Balaban J connectivity index is 3.19. The molecule has 0 unspecified atom stereocenters. The first-order valence-electron chi connectivity index (χ1n) is 5.52. The van der Waals surface area contributed by atoms with E-state index in [0.717, 1.165) is 16.5 Å². The summed E-state index contributed by atoms with van der Waals surface area (Å²) >= 11 is 2.09. The summed E-state index contributed by atoms with van der Waals surface area (Å²) in [5.74, 6) is 0. The summed E-state index contributed by atoms with van der Waals surface area (Å²) < 4.78 is 5.02. The van der Waals surface area contributed by atoms with Crippen molar-refractivity contribution in [1.82, 2.24) is 9.13 Å². The van der Waals surface area contributed by atoms with Gasteiger partial charge in [-0.2, -0.15) is 0 Å². The number of hydrogen-bond acceptors (Lipinski definition) is 2. The lowest BCUT2D eigenvalue weighted by Gasteiger charge is -2.11. The molecule has 0 saturated carbocycles. The lowest BCUT2D eigenvalue weighted by Crippen LogP contribution is -2.37. The molecule has 1 aromatic heterocycles. The van der Waals surface area contributed by atoms with Gasteiger partial charge in [0.2, 0.25) is 0 Å². The predicted octanol–water partition coefficient (Wildman–Crippen LogP) is 2.04. The second kappa shape index (κ2) is 5.09. The molecular formula is C13H14IN3O. The molecule has 0 aliphatic carbocycles. The fourth-order valence-corrected chi connectivity index (χ4v) is 2.43. The molecule has 1 aromatic carbocycles. The quantitative estimate of drug-likeness (QED) is 0.722. The molecule has 5 heteroatoms. The van der Waals surface area contributed by atoms with E-state index in [9.17, 15) is 4.79 Å². The van der Waals surface area contributed by atoms with Crippen molar-refractivity contribution < 1.29 is 0 Å². The van der Waals surface area contributed by atoms with Crippen LogP contribution < -0.4 is 11.2 Å². The SMILES string of the molecule is CN=c1c2c(C)cccc2n(C)c(=O)n1/C=C\I. The molecule has 0 amide bonds. The third-order valence-corrected chi connectivity index (χ3v) is 3.30. The Bertz CT molecular complexity index is 753. The van der Waals surface area contributed by atoms with Gasteiger partial charge in [-0.15, -0.1) is 0 Å². The van der Waals surface area contributed by atoms with Crippen molar-refractivity contribution in [3.8, 4) is 0 Å². The number of benzene rings is 1. The Kier molecular flexibility index (Phi) is 3.70. The van der Waals surface area contributed by atoms with Crippen LogP contribution in [0.3, 0.4) is 0 Å². The van der Waals surface area contributed by atoms with Crippen molar-refractivity contribution in [3.05, 3.63) is 43.8 Å². The zero-order chi connectivity index (χ0) is 13.3. The van der Waals surface area contributed by atoms with Gasteiger partial charge in [0.15, 0.2) is 0 Å². The Morgan fingerprint density at radius 3 is 2.72 bits per heavy atom. The van der Waals surface area contributed by atoms with Crippen molar-refractivity contribution in [1.29, 1.82) is 0 Å². The second-order valence-corrected chi connectivity index (χ2v) is 4.72. The van der Waals surface area contributed by atoms with Gasteiger partial charge in [0.25, 0.3) is 0 Å². The van der Waals surface area contributed by atoms with Crippen LogP contribution >= 0.6 is 22.6 Å². The predicted molar refractivity (Wildman–Crippen MR) is 82.8 cm³/mol. The average molecular weight is 355 g/mol. The van der Waals surface area contributed by atoms with Crippen LogP contribution in [0.1, 0.15) is 5.56 Å². The van der Waals surface area contributed by atoms with Gasteiger partial charge in [-0.05, 0) is 22.6 Å². The molecule has 0 aliphatic rings. The number of aryl methyl sites for hydroxylation is 2. The number of halogens is 1. The molecule has 2 rings (SSSR count). The summed E-state index contributed by atoms with van der Waals surface area (Å²) in [5.41, 5.74) is 2.61. The van der Waals surface area contributed by atoms with Crippen molar-refractivity contribution in [2.75, 3.05) is 7.05 Å². The van der Waals surface area contributed by atoms with E-state index in [1.807, 2.05) is 25.1 Å². The maximum Gasteiger partial charge on any atom is 0.334 e. The van der Waals surface area contributed by atoms with Crippen LogP contribution in [0, 0.1) is 6.92 Å². The highest BCUT2D eigenvalue weighted by Gasteiger charge is 2.08. The molecule has 18 heavy (non-hydrogen) atoms. The van der Waals surface area contributed by atoms with Crippen LogP contribution in [0.2, 0.25) is 0 Å². The zero-order valence-corrected chi connectivity index (χ0v) is 12.7. The van der Waals surface area contributed by atoms with Crippen LogP contribution in [0.4, 0.5) is 0 Å². The van der Waals surface area contributed by atoms with E-state index in [1.165, 1.54) is 0 Å². The molecule has 0 N–H and O–H groups in total. The minimum atomic E-state index is -0.0957. The van der Waals surface area contributed by atoms with Gasteiger partial charge in [0.05, 0.1) is 5.52 Å². The average Bonchev–Trinajstić information content (AvgIpc) is 2.37. The summed E-state index contributed by atoms with van der Waals surface area (Å²) in [6.07, 6.45) is 1.73. The number of aromatic nitrogens is 2. The monoisotopic (exact) mass is 355 g/mol. The van der Waals surface area contributed by atoms with E-state index in [0.29, 0.717) is 5.49 Å². The smallest absolute Gasteiger partial charge is 0.296 e. The molecule has 1 heterocycles. The van der Waals surface area contributed by atoms with Crippen LogP contribution in [-0.4, -0.2) is 16.2 Å². The normalized spacial score (nSPS) is 12.8. The molecule has 0 atom stereocenters. The summed E-state index contributed by atoms with van der Waals surface area (Å²) in [6, 6.07) is 5.92. The minimum Gasteiger partial charge on any atom is -0.296 e. The molecule has 4 nitrogen and oxygen atoms in total. The fourth-order valence-electron chi connectivity index (χ4n) is 2.11. The number of hydrogen-bond donors (Lipinski definition) is 0. The molecule has 0 saturated heterocycles. The fraction of sp³-hybridized carbons (Fsp3) is 0.231. The maximum absolute atomic E-state index is 12.3. The van der Waals surface area contributed by atoms with Crippen LogP contribution in [0.15, 0.2) is 32.1 Å². The van der Waals surface area contributed by atoms with Crippen LogP contribution in [0.5, 0.6) is 0 Å². The Labute approximate surface area is 118 Å². The third kappa shape index (κ3) is 1.92. The molecule has 0 aliphatic heterocycles. The van der Waals surface area contributed by atoms with Crippen molar-refractivity contribution in [2.45, 2.75) is 6.92 Å². The van der Waals surface area contributed by atoms with E-state index >= 15 is 0 Å². The number of nitrogens with zero attached hydrogens (tertiary/aromatic N) is 3. The van der Waals surface area contributed by atoms with Gasteiger partial charge in [-0.25, -0.2) is 4.79 Å². The summed E-state index contributed by atoms with van der Waals surface area (Å²) in [4.78, 5) is 16.6. The molecule has 2 aromatic rings. The van der Waals surface area contributed by atoms with Gasteiger partial charge in [0.1, 0.15) is 5.49 Å². The van der Waals surface area contributed by atoms with E-state index in [4.69, 9.17) is 0 Å². The van der Waals surface area contributed by atoms with Crippen molar-refractivity contribution in [3.63, 3.8) is 0 Å². The highest BCUT2D eigenvalue weighted by Crippen LogP contribution is 2.12.